The Hall–Kier alpha value is -0.213. The lowest BCUT2D eigenvalue weighted by atomic mass is 10.2. The van der Waals surface area contributed by atoms with Crippen molar-refractivity contribution in [1.82, 2.24) is 0 Å². The first-order chi connectivity index (χ1) is 8.39. The van der Waals surface area contributed by atoms with E-state index in [0.29, 0.717) is 12.2 Å². The summed E-state index contributed by atoms with van der Waals surface area (Å²) in [5.41, 5.74) is 0.633. The van der Waals surface area contributed by atoms with Gasteiger partial charge in [-0.25, -0.2) is 0 Å². The molecule has 0 saturated heterocycles. The van der Waals surface area contributed by atoms with E-state index < -0.39 is 18.4 Å². The van der Waals surface area contributed by atoms with Crippen LogP contribution in [0, 0.1) is 0 Å². The van der Waals surface area contributed by atoms with Crippen molar-refractivity contribution in [2.75, 3.05) is 26.1 Å². The molecule has 5 nitrogen and oxygen atoms in total. The maximum atomic E-state index is 10.8. The Morgan fingerprint density at radius 1 is 1.32 bits per heavy atom. The van der Waals surface area contributed by atoms with Gasteiger partial charge >= 0.3 is 0 Å². The lowest BCUT2D eigenvalue weighted by Crippen LogP contribution is -2.41. The maximum absolute atomic E-state index is 10.8. The molecule has 114 valence electrons. The van der Waals surface area contributed by atoms with Gasteiger partial charge in [0.1, 0.15) is 0 Å². The van der Waals surface area contributed by atoms with Crippen molar-refractivity contribution in [3.63, 3.8) is 0 Å². The molecule has 0 aliphatic rings. The third-order valence-corrected chi connectivity index (χ3v) is 8.32. The Morgan fingerprint density at radius 2 is 1.84 bits per heavy atom. The highest BCUT2D eigenvalue weighted by atomic mass is 32.2. The van der Waals surface area contributed by atoms with Crippen molar-refractivity contribution in [2.45, 2.75) is 38.9 Å². The van der Waals surface area contributed by atoms with Gasteiger partial charge in [-0.15, -0.1) is 0 Å². The minimum atomic E-state index is -3.45. The predicted octanol–water partition coefficient (Wildman–Crippen LogP) is 1.90. The van der Waals surface area contributed by atoms with Crippen LogP contribution in [0.4, 0.5) is 0 Å². The molecule has 0 atom stereocenters. The lowest BCUT2D eigenvalue weighted by Gasteiger charge is -2.36. The monoisotopic (exact) mass is 310 g/mol. The molecule has 7 heteroatoms. The third kappa shape index (κ3) is 7.83. The van der Waals surface area contributed by atoms with Crippen molar-refractivity contribution in [3.8, 4) is 0 Å². The van der Waals surface area contributed by atoms with Crippen molar-refractivity contribution < 1.29 is 22.1 Å². The zero-order valence-electron chi connectivity index (χ0n) is 12.7. The molecule has 0 rings (SSSR count). The molecule has 0 saturated carbocycles. The largest absolute Gasteiger partial charge is 0.413 e. The van der Waals surface area contributed by atoms with Gasteiger partial charge in [-0.2, -0.15) is 8.42 Å². The summed E-state index contributed by atoms with van der Waals surface area (Å²) in [6, 6.07) is 0. The Balaban J connectivity index is 4.47. The number of hydrogen-bond donors (Lipinski definition) is 1. The van der Waals surface area contributed by atoms with Gasteiger partial charge in [0, 0.05) is 0 Å². The highest BCUT2D eigenvalue weighted by molar-refractivity contribution is 7.85. The fourth-order valence-corrected chi connectivity index (χ4v) is 2.23. The standard InChI is InChI=1S/C12H26O5SSi/c1-12(2,3)19(5,6)17-10-11(9-13)7-8-16-18(4,14)15/h7,13H,8-10H2,1-6H3/b11-7-. The smallest absolute Gasteiger partial charge is 0.264 e. The van der Waals surface area contributed by atoms with Gasteiger partial charge in [0.05, 0.1) is 26.1 Å². The summed E-state index contributed by atoms with van der Waals surface area (Å²) in [6.07, 6.45) is 2.54. The summed E-state index contributed by atoms with van der Waals surface area (Å²) in [5.74, 6) is 0. The van der Waals surface area contributed by atoms with Crippen LogP contribution >= 0.6 is 0 Å². The zero-order chi connectivity index (χ0) is 15.3. The normalized spacial score (nSPS) is 14.8. The second kappa shape index (κ2) is 6.99. The quantitative estimate of drug-likeness (QED) is 0.442. The minimum absolute atomic E-state index is 0.0738. The first-order valence-electron chi connectivity index (χ1n) is 6.16. The van der Waals surface area contributed by atoms with Crippen LogP contribution in [0.15, 0.2) is 11.6 Å². The summed E-state index contributed by atoms with van der Waals surface area (Å²) in [6.45, 7) is 10.7. The molecule has 0 aliphatic carbocycles. The van der Waals surface area contributed by atoms with Gasteiger partial charge in [0.15, 0.2) is 8.32 Å². The molecule has 0 heterocycles. The number of hydrogen-bond acceptors (Lipinski definition) is 5. The highest BCUT2D eigenvalue weighted by Gasteiger charge is 2.37. The van der Waals surface area contributed by atoms with Gasteiger partial charge in [-0.1, -0.05) is 26.8 Å². The molecule has 0 bridgehead atoms. The molecule has 1 N–H and O–H groups in total. The molecule has 0 fully saturated rings. The minimum Gasteiger partial charge on any atom is -0.413 e. The van der Waals surface area contributed by atoms with Crippen LogP contribution in [0.5, 0.6) is 0 Å². The average molecular weight is 310 g/mol. The molecule has 0 amide bonds. The van der Waals surface area contributed by atoms with Crippen LogP contribution in [0.25, 0.3) is 0 Å². The van der Waals surface area contributed by atoms with Crippen LogP contribution in [0.2, 0.25) is 18.1 Å². The van der Waals surface area contributed by atoms with Gasteiger partial charge in [0.25, 0.3) is 10.1 Å². The van der Waals surface area contributed by atoms with E-state index in [1.807, 2.05) is 0 Å². The molecule has 0 spiro atoms. The van der Waals surface area contributed by atoms with E-state index in [1.165, 1.54) is 0 Å². The van der Waals surface area contributed by atoms with Crippen LogP contribution in [0.3, 0.4) is 0 Å². The summed E-state index contributed by atoms with van der Waals surface area (Å²) in [4.78, 5) is 0. The van der Waals surface area contributed by atoms with Gasteiger partial charge in [-0.05, 0) is 23.7 Å². The fraction of sp³-hybridized carbons (Fsp3) is 0.833. The van der Waals surface area contributed by atoms with Crippen LogP contribution in [-0.4, -0.2) is 47.9 Å². The van der Waals surface area contributed by atoms with E-state index in [9.17, 15) is 13.5 Å². The van der Waals surface area contributed by atoms with Gasteiger partial charge in [0.2, 0.25) is 0 Å². The molecular weight excluding hydrogens is 284 g/mol. The fourth-order valence-electron chi connectivity index (χ4n) is 0.934. The molecule has 0 aliphatic heterocycles. The molecule has 0 aromatic rings. The van der Waals surface area contributed by atoms with Crippen molar-refractivity contribution in [2.24, 2.45) is 0 Å². The Kier molecular flexibility index (Phi) is 6.91. The van der Waals surface area contributed by atoms with Crippen molar-refractivity contribution in [1.29, 1.82) is 0 Å². The lowest BCUT2D eigenvalue weighted by molar-refractivity contribution is 0.270. The van der Waals surface area contributed by atoms with E-state index in [-0.39, 0.29) is 18.3 Å². The summed E-state index contributed by atoms with van der Waals surface area (Å²) in [7, 11) is -5.32. The summed E-state index contributed by atoms with van der Waals surface area (Å²) in [5, 5.41) is 9.31. The highest BCUT2D eigenvalue weighted by Crippen LogP contribution is 2.36. The molecule has 0 aromatic heterocycles. The molecule has 0 aromatic carbocycles. The van der Waals surface area contributed by atoms with Crippen LogP contribution < -0.4 is 0 Å². The Labute approximate surface area is 117 Å². The second-order valence-corrected chi connectivity index (χ2v) is 12.5. The molecule has 19 heavy (non-hydrogen) atoms. The van der Waals surface area contributed by atoms with E-state index in [1.54, 1.807) is 6.08 Å². The average Bonchev–Trinajstić information content (AvgIpc) is 2.19. The number of aliphatic hydroxyl groups excluding tert-OH is 1. The van der Waals surface area contributed by atoms with E-state index in [2.05, 4.69) is 38.0 Å². The number of rotatable bonds is 7. The molecule has 0 unspecified atom stereocenters. The van der Waals surface area contributed by atoms with Gasteiger partial charge in [-0.3, -0.25) is 4.18 Å². The summed E-state index contributed by atoms with van der Waals surface area (Å²) < 4.78 is 32.2. The van der Waals surface area contributed by atoms with E-state index in [0.717, 1.165) is 6.26 Å². The first-order valence-corrected chi connectivity index (χ1v) is 10.9. The first kappa shape index (κ1) is 18.8. The second-order valence-electron chi connectivity index (χ2n) is 6.06. The maximum Gasteiger partial charge on any atom is 0.264 e. The van der Waals surface area contributed by atoms with Crippen molar-refractivity contribution >= 4 is 18.4 Å². The number of aliphatic hydroxyl groups is 1. The SMILES string of the molecule is CC(C)(C)[Si](C)(C)OC/C(=C\COS(C)(=O)=O)CO. The van der Waals surface area contributed by atoms with Crippen LogP contribution in [0.1, 0.15) is 20.8 Å². The predicted molar refractivity (Wildman–Crippen MR) is 79.1 cm³/mol. The molecule has 0 radical (unpaired) electrons. The van der Waals surface area contributed by atoms with Crippen LogP contribution in [-0.2, 0) is 18.7 Å². The van der Waals surface area contributed by atoms with Crippen molar-refractivity contribution in [3.05, 3.63) is 11.6 Å². The third-order valence-electron chi connectivity index (χ3n) is 3.28. The van der Waals surface area contributed by atoms with Gasteiger partial charge < -0.3 is 9.53 Å². The summed E-state index contributed by atoms with van der Waals surface area (Å²) >= 11 is 0. The topological polar surface area (TPSA) is 72.8 Å². The van der Waals surface area contributed by atoms with E-state index >= 15 is 0 Å². The molecular formula is C12H26O5SSi. The van der Waals surface area contributed by atoms with E-state index in [4.69, 9.17) is 4.43 Å². The Bertz CT molecular complexity index is 406. The Morgan fingerprint density at radius 3 is 2.21 bits per heavy atom. The zero-order valence-corrected chi connectivity index (χ0v) is 14.5.